The normalized spacial score (nSPS) is 10.0. The fourth-order valence-corrected chi connectivity index (χ4v) is 1.25. The highest BCUT2D eigenvalue weighted by Crippen LogP contribution is 2.10. The SMILES string of the molecule is CNCCCC(=O)Nc1cccnc1C. The lowest BCUT2D eigenvalue weighted by Crippen LogP contribution is -2.15. The Morgan fingerprint density at radius 3 is 3.00 bits per heavy atom. The predicted molar refractivity (Wildman–Crippen MR) is 60.8 cm³/mol. The van der Waals surface area contributed by atoms with Crippen LogP contribution in [0.4, 0.5) is 5.69 Å². The van der Waals surface area contributed by atoms with E-state index in [4.69, 9.17) is 0 Å². The van der Waals surface area contributed by atoms with E-state index in [0.717, 1.165) is 24.3 Å². The minimum absolute atomic E-state index is 0.0429. The van der Waals surface area contributed by atoms with E-state index in [1.807, 2.05) is 26.1 Å². The number of carbonyl (C=O) groups is 1. The Kier molecular flexibility index (Phi) is 4.77. The zero-order valence-corrected chi connectivity index (χ0v) is 9.21. The molecule has 0 atom stereocenters. The molecular formula is C11H17N3O. The van der Waals surface area contributed by atoms with E-state index in [-0.39, 0.29) is 5.91 Å². The smallest absolute Gasteiger partial charge is 0.224 e. The lowest BCUT2D eigenvalue weighted by atomic mass is 10.2. The largest absolute Gasteiger partial charge is 0.325 e. The third-order valence-electron chi connectivity index (χ3n) is 2.11. The average Bonchev–Trinajstić information content (AvgIpc) is 2.22. The van der Waals surface area contributed by atoms with E-state index >= 15 is 0 Å². The Labute approximate surface area is 90.1 Å². The summed E-state index contributed by atoms with van der Waals surface area (Å²) in [6.07, 6.45) is 3.10. The molecule has 15 heavy (non-hydrogen) atoms. The molecule has 4 heteroatoms. The number of aromatic nitrogens is 1. The second-order valence-corrected chi connectivity index (χ2v) is 3.39. The van der Waals surface area contributed by atoms with Gasteiger partial charge in [-0.05, 0) is 39.1 Å². The molecule has 1 aromatic rings. The average molecular weight is 207 g/mol. The van der Waals surface area contributed by atoms with Gasteiger partial charge in [0.15, 0.2) is 0 Å². The quantitative estimate of drug-likeness (QED) is 0.716. The van der Waals surface area contributed by atoms with Crippen LogP contribution in [0, 0.1) is 6.92 Å². The Balaban J connectivity index is 2.41. The molecule has 1 amide bonds. The number of pyridine rings is 1. The van der Waals surface area contributed by atoms with Gasteiger partial charge in [-0.3, -0.25) is 9.78 Å². The maximum Gasteiger partial charge on any atom is 0.224 e. The van der Waals surface area contributed by atoms with Crippen LogP contribution in [0.3, 0.4) is 0 Å². The molecule has 0 radical (unpaired) electrons. The number of nitrogens with zero attached hydrogens (tertiary/aromatic N) is 1. The highest BCUT2D eigenvalue weighted by atomic mass is 16.1. The minimum Gasteiger partial charge on any atom is -0.325 e. The van der Waals surface area contributed by atoms with Crippen molar-refractivity contribution in [3.8, 4) is 0 Å². The van der Waals surface area contributed by atoms with E-state index in [2.05, 4.69) is 15.6 Å². The molecule has 1 aromatic heterocycles. The number of hydrogen-bond donors (Lipinski definition) is 2. The molecule has 0 saturated heterocycles. The Hall–Kier alpha value is -1.42. The first kappa shape index (κ1) is 11.7. The zero-order chi connectivity index (χ0) is 11.1. The van der Waals surface area contributed by atoms with Crippen molar-refractivity contribution in [3.63, 3.8) is 0 Å². The lowest BCUT2D eigenvalue weighted by Gasteiger charge is -2.06. The van der Waals surface area contributed by atoms with Crippen molar-refractivity contribution < 1.29 is 4.79 Å². The lowest BCUT2D eigenvalue weighted by molar-refractivity contribution is -0.116. The summed E-state index contributed by atoms with van der Waals surface area (Å²) in [5.74, 6) is 0.0429. The van der Waals surface area contributed by atoms with Gasteiger partial charge in [-0.1, -0.05) is 0 Å². The molecule has 0 fully saturated rings. The van der Waals surface area contributed by atoms with Gasteiger partial charge in [0.25, 0.3) is 0 Å². The first-order valence-electron chi connectivity index (χ1n) is 5.10. The predicted octanol–water partition coefficient (Wildman–Crippen LogP) is 1.33. The van der Waals surface area contributed by atoms with Crippen LogP contribution in [0.1, 0.15) is 18.5 Å². The summed E-state index contributed by atoms with van der Waals surface area (Å²) in [5.41, 5.74) is 1.64. The maximum atomic E-state index is 11.5. The number of rotatable bonds is 5. The van der Waals surface area contributed by atoms with Gasteiger partial charge in [-0.2, -0.15) is 0 Å². The van der Waals surface area contributed by atoms with Gasteiger partial charge >= 0.3 is 0 Å². The van der Waals surface area contributed by atoms with E-state index in [0.29, 0.717) is 6.42 Å². The first-order valence-corrected chi connectivity index (χ1v) is 5.10. The topological polar surface area (TPSA) is 54.0 Å². The second kappa shape index (κ2) is 6.14. The van der Waals surface area contributed by atoms with E-state index < -0.39 is 0 Å². The standard InChI is InChI=1S/C11H17N3O/c1-9-10(5-3-8-13-9)14-11(15)6-4-7-12-2/h3,5,8,12H,4,6-7H2,1-2H3,(H,14,15). The molecule has 0 saturated carbocycles. The maximum absolute atomic E-state index is 11.5. The fraction of sp³-hybridized carbons (Fsp3) is 0.455. The van der Waals surface area contributed by atoms with Crippen molar-refractivity contribution in [1.29, 1.82) is 0 Å². The van der Waals surface area contributed by atoms with E-state index in [1.165, 1.54) is 0 Å². The van der Waals surface area contributed by atoms with Crippen LogP contribution in [-0.2, 0) is 4.79 Å². The Morgan fingerprint density at radius 1 is 1.53 bits per heavy atom. The molecule has 0 aromatic carbocycles. The molecule has 82 valence electrons. The summed E-state index contributed by atoms with van der Waals surface area (Å²) in [6, 6.07) is 3.68. The summed E-state index contributed by atoms with van der Waals surface area (Å²) in [6.45, 7) is 2.74. The third kappa shape index (κ3) is 4.08. The summed E-state index contributed by atoms with van der Waals surface area (Å²) in [5, 5.41) is 5.85. The van der Waals surface area contributed by atoms with Crippen LogP contribution in [0.25, 0.3) is 0 Å². The van der Waals surface area contributed by atoms with Gasteiger partial charge in [0, 0.05) is 12.6 Å². The van der Waals surface area contributed by atoms with Crippen molar-refractivity contribution in [2.24, 2.45) is 0 Å². The number of amides is 1. The molecule has 2 N–H and O–H groups in total. The van der Waals surface area contributed by atoms with Gasteiger partial charge in [-0.15, -0.1) is 0 Å². The molecule has 0 spiro atoms. The Morgan fingerprint density at radius 2 is 2.33 bits per heavy atom. The van der Waals surface area contributed by atoms with Crippen molar-refractivity contribution >= 4 is 11.6 Å². The van der Waals surface area contributed by atoms with Crippen LogP contribution in [0.5, 0.6) is 0 Å². The number of aryl methyl sites for hydroxylation is 1. The summed E-state index contributed by atoms with van der Waals surface area (Å²) in [4.78, 5) is 15.6. The van der Waals surface area contributed by atoms with Crippen molar-refractivity contribution in [2.75, 3.05) is 18.9 Å². The van der Waals surface area contributed by atoms with E-state index in [9.17, 15) is 4.79 Å². The summed E-state index contributed by atoms with van der Waals surface area (Å²) in [7, 11) is 1.88. The molecule has 0 aliphatic carbocycles. The van der Waals surface area contributed by atoms with Gasteiger partial charge < -0.3 is 10.6 Å². The van der Waals surface area contributed by atoms with Crippen LogP contribution in [0.2, 0.25) is 0 Å². The van der Waals surface area contributed by atoms with Gasteiger partial charge in [0.05, 0.1) is 11.4 Å². The minimum atomic E-state index is 0.0429. The fourth-order valence-electron chi connectivity index (χ4n) is 1.25. The molecule has 0 aliphatic heterocycles. The van der Waals surface area contributed by atoms with Crippen LogP contribution in [-0.4, -0.2) is 24.5 Å². The van der Waals surface area contributed by atoms with Crippen molar-refractivity contribution in [2.45, 2.75) is 19.8 Å². The number of anilines is 1. The van der Waals surface area contributed by atoms with Crippen LogP contribution >= 0.6 is 0 Å². The molecular weight excluding hydrogens is 190 g/mol. The summed E-state index contributed by atoms with van der Waals surface area (Å²) < 4.78 is 0. The molecule has 4 nitrogen and oxygen atoms in total. The highest BCUT2D eigenvalue weighted by molar-refractivity contribution is 5.91. The van der Waals surface area contributed by atoms with E-state index in [1.54, 1.807) is 6.20 Å². The second-order valence-electron chi connectivity index (χ2n) is 3.39. The number of nitrogens with one attached hydrogen (secondary N) is 2. The molecule has 0 aliphatic rings. The van der Waals surface area contributed by atoms with Crippen molar-refractivity contribution in [1.82, 2.24) is 10.3 Å². The monoisotopic (exact) mass is 207 g/mol. The number of carbonyl (C=O) groups excluding carboxylic acids is 1. The molecule has 1 rings (SSSR count). The highest BCUT2D eigenvalue weighted by Gasteiger charge is 2.03. The van der Waals surface area contributed by atoms with Crippen LogP contribution < -0.4 is 10.6 Å². The third-order valence-corrected chi connectivity index (χ3v) is 2.11. The number of hydrogen-bond acceptors (Lipinski definition) is 3. The molecule has 0 bridgehead atoms. The Bertz CT molecular complexity index is 325. The summed E-state index contributed by atoms with van der Waals surface area (Å²) >= 11 is 0. The first-order chi connectivity index (χ1) is 7.24. The van der Waals surface area contributed by atoms with Crippen LogP contribution in [0.15, 0.2) is 18.3 Å². The van der Waals surface area contributed by atoms with Gasteiger partial charge in [-0.25, -0.2) is 0 Å². The molecule has 1 heterocycles. The van der Waals surface area contributed by atoms with Gasteiger partial charge in [0.2, 0.25) is 5.91 Å². The molecule has 0 unspecified atom stereocenters. The zero-order valence-electron chi connectivity index (χ0n) is 9.21. The van der Waals surface area contributed by atoms with Gasteiger partial charge in [0.1, 0.15) is 0 Å². The van der Waals surface area contributed by atoms with Crippen molar-refractivity contribution in [3.05, 3.63) is 24.0 Å².